The molecule has 5 heteroatoms. The molecule has 1 fully saturated rings. The summed E-state index contributed by atoms with van der Waals surface area (Å²) in [6.45, 7) is 1.05. The van der Waals surface area contributed by atoms with Gasteiger partial charge < -0.3 is 9.47 Å². The predicted molar refractivity (Wildman–Crippen MR) is 81.9 cm³/mol. The summed E-state index contributed by atoms with van der Waals surface area (Å²) in [5, 5.41) is 0. The Kier molecular flexibility index (Phi) is 3.14. The first-order valence-corrected chi connectivity index (χ1v) is 8.54. The summed E-state index contributed by atoms with van der Waals surface area (Å²) in [6, 6.07) is 12.3. The van der Waals surface area contributed by atoms with E-state index in [0.29, 0.717) is 34.1 Å². The van der Waals surface area contributed by atoms with E-state index >= 15 is 0 Å². The average Bonchev–Trinajstić information content (AvgIpc) is 3.04. The molecule has 4 nitrogen and oxygen atoms in total. The number of fused-ring (bicyclic) bond motifs is 2. The number of hydrogen-bond acceptors (Lipinski definition) is 4. The molecule has 2 aromatic rings. The fourth-order valence-electron chi connectivity index (χ4n) is 2.78. The van der Waals surface area contributed by atoms with Crippen LogP contribution in [0.1, 0.15) is 23.0 Å². The van der Waals surface area contributed by atoms with Crippen LogP contribution in [0, 0.1) is 0 Å². The molecular formula is C17H14O4S. The Bertz CT molecular complexity index is 862. The minimum Gasteiger partial charge on any atom is -0.346 e. The summed E-state index contributed by atoms with van der Waals surface area (Å²) < 4.78 is 36.8. The molecule has 0 spiro atoms. The van der Waals surface area contributed by atoms with E-state index in [2.05, 4.69) is 0 Å². The average molecular weight is 314 g/mol. The van der Waals surface area contributed by atoms with Crippen LogP contribution < -0.4 is 0 Å². The van der Waals surface area contributed by atoms with Gasteiger partial charge in [-0.25, -0.2) is 8.42 Å². The Morgan fingerprint density at radius 1 is 0.864 bits per heavy atom. The van der Waals surface area contributed by atoms with Crippen molar-refractivity contribution in [3.63, 3.8) is 0 Å². The van der Waals surface area contributed by atoms with Crippen LogP contribution in [-0.2, 0) is 19.3 Å². The van der Waals surface area contributed by atoms with Gasteiger partial charge in [0, 0.05) is 5.56 Å². The number of hydrogen-bond donors (Lipinski definition) is 0. The van der Waals surface area contributed by atoms with Gasteiger partial charge in [0.1, 0.15) is 0 Å². The van der Waals surface area contributed by atoms with Gasteiger partial charge in [-0.05, 0) is 23.3 Å². The first kappa shape index (κ1) is 13.7. The lowest BCUT2D eigenvalue weighted by molar-refractivity contribution is -0.0442. The summed E-state index contributed by atoms with van der Waals surface area (Å²) in [7, 11) is -3.56. The summed E-state index contributed by atoms with van der Waals surface area (Å²) in [5.74, 6) is 0. The number of rotatable bonds is 1. The molecule has 0 saturated carbocycles. The summed E-state index contributed by atoms with van der Waals surface area (Å²) in [4.78, 5) is 0.626. The van der Waals surface area contributed by atoms with E-state index in [9.17, 15) is 8.42 Å². The molecular weight excluding hydrogens is 300 g/mol. The maximum absolute atomic E-state index is 13.0. The topological polar surface area (TPSA) is 52.6 Å². The molecule has 2 aliphatic heterocycles. The highest BCUT2D eigenvalue weighted by Crippen LogP contribution is 2.34. The van der Waals surface area contributed by atoms with Crippen LogP contribution in [0.5, 0.6) is 0 Å². The number of benzene rings is 2. The van der Waals surface area contributed by atoms with Gasteiger partial charge in [0.15, 0.2) is 6.29 Å². The van der Waals surface area contributed by atoms with Gasteiger partial charge in [-0.15, -0.1) is 0 Å². The summed E-state index contributed by atoms with van der Waals surface area (Å²) in [5.41, 5.74) is 2.11. The monoisotopic (exact) mass is 314 g/mol. The second-order valence-corrected chi connectivity index (χ2v) is 7.13. The molecule has 0 atom stereocenters. The Morgan fingerprint density at radius 2 is 1.55 bits per heavy atom. The smallest absolute Gasteiger partial charge is 0.207 e. The third-order valence-corrected chi connectivity index (χ3v) is 5.76. The molecule has 0 N–H and O–H groups in total. The van der Waals surface area contributed by atoms with E-state index in [1.165, 1.54) is 0 Å². The number of sulfone groups is 1. The largest absolute Gasteiger partial charge is 0.346 e. The molecule has 2 heterocycles. The highest BCUT2D eigenvalue weighted by molar-refractivity contribution is 7.91. The molecule has 0 unspecified atom stereocenters. The Morgan fingerprint density at radius 3 is 2.32 bits per heavy atom. The fourth-order valence-corrected chi connectivity index (χ4v) is 4.46. The van der Waals surface area contributed by atoms with Gasteiger partial charge in [-0.2, -0.15) is 0 Å². The first-order chi connectivity index (χ1) is 10.7. The molecule has 0 bridgehead atoms. The van der Waals surface area contributed by atoms with Crippen LogP contribution in [-0.4, -0.2) is 21.6 Å². The second kappa shape index (κ2) is 5.05. The van der Waals surface area contributed by atoms with E-state index in [-0.39, 0.29) is 0 Å². The zero-order valence-corrected chi connectivity index (χ0v) is 12.5. The molecule has 0 aliphatic carbocycles. The molecule has 22 heavy (non-hydrogen) atoms. The lowest BCUT2D eigenvalue weighted by Gasteiger charge is -2.13. The van der Waals surface area contributed by atoms with Crippen LogP contribution in [0.2, 0.25) is 0 Å². The standard InChI is InChI=1S/C17H14O4S/c18-22(19)15-4-2-1-3-12(15)5-6-13-7-8-14(11-16(13)22)17-20-9-10-21-17/h1-8,11,17H,9-10H2. The van der Waals surface area contributed by atoms with Crippen molar-refractivity contribution in [1.29, 1.82) is 0 Å². The van der Waals surface area contributed by atoms with Crippen molar-refractivity contribution in [2.75, 3.05) is 13.2 Å². The lowest BCUT2D eigenvalue weighted by atomic mass is 10.1. The van der Waals surface area contributed by atoms with Crippen LogP contribution in [0.4, 0.5) is 0 Å². The van der Waals surface area contributed by atoms with Gasteiger partial charge in [0.25, 0.3) is 0 Å². The Balaban J connectivity index is 1.92. The molecule has 112 valence electrons. The van der Waals surface area contributed by atoms with Crippen LogP contribution >= 0.6 is 0 Å². The van der Waals surface area contributed by atoms with Gasteiger partial charge in [-0.3, -0.25) is 0 Å². The predicted octanol–water partition coefficient (Wildman–Crippen LogP) is 3.05. The van der Waals surface area contributed by atoms with Crippen LogP contribution in [0.25, 0.3) is 12.2 Å². The minimum atomic E-state index is -3.56. The maximum atomic E-state index is 13.0. The summed E-state index contributed by atoms with van der Waals surface area (Å²) in [6.07, 6.45) is 3.18. The summed E-state index contributed by atoms with van der Waals surface area (Å²) >= 11 is 0. The first-order valence-electron chi connectivity index (χ1n) is 7.06. The Labute approximate surface area is 128 Å². The highest BCUT2D eigenvalue weighted by Gasteiger charge is 2.27. The fraction of sp³-hybridized carbons (Fsp3) is 0.176. The van der Waals surface area contributed by atoms with Crippen molar-refractivity contribution in [3.05, 3.63) is 59.2 Å². The zero-order valence-electron chi connectivity index (χ0n) is 11.7. The third-order valence-electron chi connectivity index (χ3n) is 3.87. The highest BCUT2D eigenvalue weighted by atomic mass is 32.2. The lowest BCUT2D eigenvalue weighted by Crippen LogP contribution is -2.07. The van der Waals surface area contributed by atoms with Crippen molar-refractivity contribution in [1.82, 2.24) is 0 Å². The zero-order chi connectivity index (χ0) is 15.2. The third kappa shape index (κ3) is 2.09. The van der Waals surface area contributed by atoms with Gasteiger partial charge in [0.2, 0.25) is 9.84 Å². The van der Waals surface area contributed by atoms with Gasteiger partial charge in [-0.1, -0.05) is 42.5 Å². The van der Waals surface area contributed by atoms with Crippen molar-refractivity contribution in [3.8, 4) is 0 Å². The van der Waals surface area contributed by atoms with E-state index in [1.807, 2.05) is 24.3 Å². The van der Waals surface area contributed by atoms with Crippen molar-refractivity contribution in [2.24, 2.45) is 0 Å². The van der Waals surface area contributed by atoms with E-state index in [4.69, 9.17) is 9.47 Å². The minimum absolute atomic E-state index is 0.297. The quantitative estimate of drug-likeness (QED) is 0.693. The SMILES string of the molecule is O=S1(=O)c2ccccc2C=Cc2ccc(C3OCCO3)cc21. The van der Waals surface area contributed by atoms with Gasteiger partial charge >= 0.3 is 0 Å². The van der Waals surface area contributed by atoms with Crippen molar-refractivity contribution >= 4 is 22.0 Å². The molecule has 2 aromatic carbocycles. The maximum Gasteiger partial charge on any atom is 0.207 e. The molecule has 2 aliphatic rings. The second-order valence-electron chi connectivity index (χ2n) is 5.25. The molecule has 0 aromatic heterocycles. The van der Waals surface area contributed by atoms with Crippen molar-refractivity contribution in [2.45, 2.75) is 16.1 Å². The van der Waals surface area contributed by atoms with Gasteiger partial charge in [0.05, 0.1) is 23.0 Å². The van der Waals surface area contributed by atoms with E-state index < -0.39 is 16.1 Å². The normalized spacial score (nSPS) is 19.5. The molecule has 4 rings (SSSR count). The van der Waals surface area contributed by atoms with E-state index in [1.54, 1.807) is 30.3 Å². The number of ether oxygens (including phenoxy) is 2. The van der Waals surface area contributed by atoms with Crippen molar-refractivity contribution < 1.29 is 17.9 Å². The molecule has 0 amide bonds. The Hall–Kier alpha value is -1.95. The van der Waals surface area contributed by atoms with Crippen LogP contribution in [0.3, 0.4) is 0 Å². The van der Waals surface area contributed by atoms with E-state index in [0.717, 1.165) is 5.56 Å². The molecule has 0 radical (unpaired) electrons. The molecule has 1 saturated heterocycles. The van der Waals surface area contributed by atoms with Crippen LogP contribution in [0.15, 0.2) is 52.3 Å².